The fourth-order valence-corrected chi connectivity index (χ4v) is 3.75. The molecule has 132 valence electrons. The van der Waals surface area contributed by atoms with Gasteiger partial charge in [-0.3, -0.25) is 9.59 Å². The van der Waals surface area contributed by atoms with E-state index in [9.17, 15) is 14.7 Å². The second kappa shape index (κ2) is 6.34. The fraction of sp³-hybridized carbons (Fsp3) is 0.158. The molecule has 0 spiro atoms. The molecule has 26 heavy (non-hydrogen) atoms. The quantitative estimate of drug-likeness (QED) is 0.687. The maximum Gasteiger partial charge on any atom is 0.290 e. The van der Waals surface area contributed by atoms with Gasteiger partial charge in [0.25, 0.3) is 5.91 Å². The van der Waals surface area contributed by atoms with Crippen LogP contribution in [0.15, 0.2) is 68.2 Å². The van der Waals surface area contributed by atoms with E-state index in [0.29, 0.717) is 11.5 Å². The smallest absolute Gasteiger partial charge is 0.290 e. The Balaban J connectivity index is 1.77. The molecule has 0 saturated carbocycles. The second-order valence-electron chi connectivity index (χ2n) is 5.93. The van der Waals surface area contributed by atoms with Crippen molar-refractivity contribution in [1.82, 2.24) is 4.90 Å². The van der Waals surface area contributed by atoms with E-state index in [4.69, 9.17) is 8.83 Å². The third-order valence-electron chi connectivity index (χ3n) is 4.23. The van der Waals surface area contributed by atoms with Gasteiger partial charge in [0.2, 0.25) is 5.78 Å². The molecule has 0 radical (unpaired) electrons. The number of nitrogens with zero attached hydrogens (tertiary/aromatic N) is 1. The van der Waals surface area contributed by atoms with Gasteiger partial charge in [-0.2, -0.15) is 0 Å². The number of furan rings is 2. The molecule has 4 rings (SSSR count). The summed E-state index contributed by atoms with van der Waals surface area (Å²) in [7, 11) is 0. The number of ketones is 1. The SMILES string of the molecule is Cc1ccc(C(=O)C2=C(O)C(=O)N(Cc3cccs3)C2c2ccco2)o1. The number of hydrogen-bond donors (Lipinski definition) is 1. The highest BCUT2D eigenvalue weighted by Gasteiger charge is 2.45. The first-order valence-electron chi connectivity index (χ1n) is 7.97. The number of aryl methyl sites for hydroxylation is 1. The van der Waals surface area contributed by atoms with Crippen molar-refractivity contribution in [3.05, 3.63) is 81.5 Å². The van der Waals surface area contributed by atoms with Crippen LogP contribution in [0.4, 0.5) is 0 Å². The highest BCUT2D eigenvalue weighted by molar-refractivity contribution is 7.09. The normalized spacial score (nSPS) is 17.3. The molecule has 3 aromatic rings. The lowest BCUT2D eigenvalue weighted by Crippen LogP contribution is -2.30. The van der Waals surface area contributed by atoms with Gasteiger partial charge in [-0.1, -0.05) is 6.07 Å². The van der Waals surface area contributed by atoms with Gasteiger partial charge in [0.15, 0.2) is 11.5 Å². The van der Waals surface area contributed by atoms with Crippen molar-refractivity contribution in [2.75, 3.05) is 0 Å². The van der Waals surface area contributed by atoms with Crippen LogP contribution in [0.5, 0.6) is 0 Å². The second-order valence-corrected chi connectivity index (χ2v) is 6.96. The molecule has 3 aromatic heterocycles. The summed E-state index contributed by atoms with van der Waals surface area (Å²) in [5, 5.41) is 12.4. The molecule has 1 unspecified atom stereocenters. The highest BCUT2D eigenvalue weighted by atomic mass is 32.1. The summed E-state index contributed by atoms with van der Waals surface area (Å²) in [6.07, 6.45) is 1.47. The monoisotopic (exact) mass is 369 g/mol. The predicted molar refractivity (Wildman–Crippen MR) is 93.7 cm³/mol. The van der Waals surface area contributed by atoms with Crippen molar-refractivity contribution in [1.29, 1.82) is 0 Å². The zero-order chi connectivity index (χ0) is 18.3. The number of carbonyl (C=O) groups excluding carboxylic acids is 2. The lowest BCUT2D eigenvalue weighted by Gasteiger charge is -2.24. The summed E-state index contributed by atoms with van der Waals surface area (Å²) in [4.78, 5) is 28.0. The van der Waals surface area contributed by atoms with Crippen LogP contribution in [-0.2, 0) is 11.3 Å². The van der Waals surface area contributed by atoms with Crippen LogP contribution in [0.3, 0.4) is 0 Å². The Labute approximate surface area is 153 Å². The van der Waals surface area contributed by atoms with Gasteiger partial charge in [0.1, 0.15) is 17.6 Å². The summed E-state index contributed by atoms with van der Waals surface area (Å²) < 4.78 is 10.9. The molecule has 0 aromatic carbocycles. The first kappa shape index (κ1) is 16.4. The fourth-order valence-electron chi connectivity index (χ4n) is 3.05. The Morgan fingerprint density at radius 3 is 2.73 bits per heavy atom. The van der Waals surface area contributed by atoms with E-state index in [-0.39, 0.29) is 17.9 Å². The van der Waals surface area contributed by atoms with Gasteiger partial charge in [-0.15, -0.1) is 11.3 Å². The topological polar surface area (TPSA) is 83.9 Å². The average molecular weight is 369 g/mol. The van der Waals surface area contributed by atoms with E-state index in [2.05, 4.69) is 0 Å². The van der Waals surface area contributed by atoms with Gasteiger partial charge in [0.05, 0.1) is 18.4 Å². The minimum Gasteiger partial charge on any atom is -0.503 e. The van der Waals surface area contributed by atoms with E-state index in [1.54, 1.807) is 25.1 Å². The van der Waals surface area contributed by atoms with Crippen LogP contribution in [0.1, 0.15) is 33.0 Å². The number of Topliss-reactive ketones (excluding diaryl/α,β-unsaturated/α-hetero) is 1. The average Bonchev–Trinajstić information content (AvgIpc) is 3.39. The maximum atomic E-state index is 12.9. The minimum absolute atomic E-state index is 0.0316. The van der Waals surface area contributed by atoms with Gasteiger partial charge in [0, 0.05) is 4.88 Å². The molecule has 1 amide bonds. The van der Waals surface area contributed by atoms with Crippen LogP contribution < -0.4 is 0 Å². The Bertz CT molecular complexity index is 981. The standard InChI is InChI=1S/C19H15NO5S/c1-11-6-7-14(25-11)17(21)15-16(13-5-2-8-24-13)20(19(23)18(15)22)10-12-4-3-9-26-12/h2-9,16,22H,10H2,1H3. The summed E-state index contributed by atoms with van der Waals surface area (Å²) in [6.45, 7) is 1.98. The van der Waals surface area contributed by atoms with Crippen molar-refractivity contribution >= 4 is 23.0 Å². The molecule has 1 atom stereocenters. The Morgan fingerprint density at radius 2 is 2.12 bits per heavy atom. The van der Waals surface area contributed by atoms with Crippen molar-refractivity contribution in [2.24, 2.45) is 0 Å². The third kappa shape index (κ3) is 2.66. The van der Waals surface area contributed by atoms with Crippen molar-refractivity contribution < 1.29 is 23.5 Å². The Hall–Kier alpha value is -3.06. The third-order valence-corrected chi connectivity index (χ3v) is 5.09. The molecule has 7 heteroatoms. The predicted octanol–water partition coefficient (Wildman–Crippen LogP) is 4.02. The molecule has 0 fully saturated rings. The number of aliphatic hydroxyl groups is 1. The van der Waals surface area contributed by atoms with Crippen molar-refractivity contribution in [3.8, 4) is 0 Å². The van der Waals surface area contributed by atoms with E-state index in [1.165, 1.54) is 28.6 Å². The van der Waals surface area contributed by atoms with E-state index < -0.39 is 23.5 Å². The molecular formula is C19H15NO5S. The van der Waals surface area contributed by atoms with E-state index >= 15 is 0 Å². The van der Waals surface area contributed by atoms with Crippen molar-refractivity contribution in [2.45, 2.75) is 19.5 Å². The number of rotatable bonds is 5. The number of thiophene rings is 1. The molecule has 0 bridgehead atoms. The maximum absolute atomic E-state index is 12.9. The summed E-state index contributed by atoms with van der Waals surface area (Å²) in [5.74, 6) is -0.646. The van der Waals surface area contributed by atoms with E-state index in [0.717, 1.165) is 4.88 Å². The van der Waals surface area contributed by atoms with Gasteiger partial charge in [-0.25, -0.2) is 0 Å². The molecule has 1 N–H and O–H groups in total. The largest absolute Gasteiger partial charge is 0.503 e. The summed E-state index contributed by atoms with van der Waals surface area (Å²) in [5.41, 5.74) is -0.0316. The van der Waals surface area contributed by atoms with E-state index in [1.807, 2.05) is 17.5 Å². The molecule has 6 nitrogen and oxygen atoms in total. The van der Waals surface area contributed by atoms with Crippen LogP contribution in [0.25, 0.3) is 0 Å². The lowest BCUT2D eigenvalue weighted by molar-refractivity contribution is -0.130. The first-order chi connectivity index (χ1) is 12.6. The minimum atomic E-state index is -0.808. The Kier molecular flexibility index (Phi) is 4.00. The number of hydrogen-bond acceptors (Lipinski definition) is 6. The molecular weight excluding hydrogens is 354 g/mol. The zero-order valence-corrected chi connectivity index (χ0v) is 14.7. The van der Waals surface area contributed by atoms with Crippen molar-refractivity contribution in [3.63, 3.8) is 0 Å². The van der Waals surface area contributed by atoms with Gasteiger partial charge >= 0.3 is 0 Å². The molecule has 0 saturated heterocycles. The van der Waals surface area contributed by atoms with Crippen LogP contribution >= 0.6 is 11.3 Å². The zero-order valence-electron chi connectivity index (χ0n) is 13.8. The van der Waals surface area contributed by atoms with Crippen LogP contribution in [0, 0.1) is 6.92 Å². The number of aliphatic hydroxyl groups excluding tert-OH is 1. The molecule has 4 heterocycles. The lowest BCUT2D eigenvalue weighted by atomic mass is 10.00. The molecule has 1 aliphatic heterocycles. The summed E-state index contributed by atoms with van der Waals surface area (Å²) >= 11 is 1.49. The Morgan fingerprint density at radius 1 is 1.27 bits per heavy atom. The number of carbonyl (C=O) groups is 2. The highest BCUT2D eigenvalue weighted by Crippen LogP contribution is 2.40. The molecule has 0 aliphatic carbocycles. The number of amides is 1. The van der Waals surface area contributed by atoms with Crippen LogP contribution in [0.2, 0.25) is 0 Å². The van der Waals surface area contributed by atoms with Gasteiger partial charge < -0.3 is 18.8 Å². The van der Waals surface area contributed by atoms with Crippen LogP contribution in [-0.4, -0.2) is 21.7 Å². The van der Waals surface area contributed by atoms with Gasteiger partial charge in [-0.05, 0) is 42.6 Å². The summed E-state index contributed by atoms with van der Waals surface area (Å²) in [6, 6.07) is 9.52. The first-order valence-corrected chi connectivity index (χ1v) is 8.85. The molecule has 1 aliphatic rings.